The lowest BCUT2D eigenvalue weighted by Crippen LogP contribution is -2.11. The Hall–Kier alpha value is -1.06. The Labute approximate surface area is 78.5 Å². The molecule has 1 atom stereocenters. The van der Waals surface area contributed by atoms with Crippen molar-refractivity contribution in [2.75, 3.05) is 13.7 Å². The minimum atomic E-state index is -0.351. The third-order valence-electron chi connectivity index (χ3n) is 1.77. The van der Waals surface area contributed by atoms with Crippen LogP contribution in [0.5, 0.6) is 5.75 Å². The van der Waals surface area contributed by atoms with Crippen LogP contribution in [-0.2, 0) is 4.74 Å². The van der Waals surface area contributed by atoms with E-state index >= 15 is 0 Å². The summed E-state index contributed by atoms with van der Waals surface area (Å²) in [6.07, 6.45) is -0.351. The molecule has 0 fully saturated rings. The highest BCUT2D eigenvalue weighted by Crippen LogP contribution is 2.16. The van der Waals surface area contributed by atoms with E-state index in [0.29, 0.717) is 6.61 Å². The van der Waals surface area contributed by atoms with Gasteiger partial charge in [0.25, 0.3) is 0 Å². The van der Waals surface area contributed by atoms with Crippen LogP contribution in [0, 0.1) is 0 Å². The molecule has 0 aliphatic heterocycles. The molecule has 1 aromatic carbocycles. The highest BCUT2D eigenvalue weighted by Gasteiger charge is 2.02. The number of nitrogens with two attached hydrogens (primary N) is 1. The summed E-state index contributed by atoms with van der Waals surface area (Å²) in [4.78, 5) is 0. The molecule has 72 valence electrons. The maximum Gasteiger partial charge on any atom is 0.131 e. The Balaban J connectivity index is 2.69. The second-order valence-corrected chi connectivity index (χ2v) is 2.66. The predicted molar refractivity (Wildman–Crippen MR) is 51.5 cm³/mol. The average Bonchev–Trinajstić information content (AvgIpc) is 2.18. The van der Waals surface area contributed by atoms with Crippen molar-refractivity contribution in [2.45, 2.75) is 13.2 Å². The lowest BCUT2D eigenvalue weighted by atomic mass is 10.2. The van der Waals surface area contributed by atoms with Crippen LogP contribution in [0.3, 0.4) is 0 Å². The minimum Gasteiger partial charge on any atom is -0.494 e. The first kappa shape index (κ1) is 10.0. The van der Waals surface area contributed by atoms with Gasteiger partial charge in [0.15, 0.2) is 0 Å². The zero-order chi connectivity index (χ0) is 9.68. The molecule has 0 heterocycles. The zero-order valence-corrected chi connectivity index (χ0v) is 7.99. The summed E-state index contributed by atoms with van der Waals surface area (Å²) in [5, 5.41) is 0. The third-order valence-corrected chi connectivity index (χ3v) is 1.77. The predicted octanol–water partition coefficient (Wildman–Crippen LogP) is 1.69. The smallest absolute Gasteiger partial charge is 0.131 e. The van der Waals surface area contributed by atoms with E-state index < -0.39 is 0 Å². The van der Waals surface area contributed by atoms with Crippen molar-refractivity contribution in [2.24, 2.45) is 5.73 Å². The Morgan fingerprint density at radius 1 is 1.31 bits per heavy atom. The van der Waals surface area contributed by atoms with Crippen molar-refractivity contribution in [3.05, 3.63) is 29.8 Å². The van der Waals surface area contributed by atoms with E-state index in [2.05, 4.69) is 0 Å². The van der Waals surface area contributed by atoms with Crippen LogP contribution < -0.4 is 10.5 Å². The van der Waals surface area contributed by atoms with Crippen LogP contribution in [0.2, 0.25) is 0 Å². The van der Waals surface area contributed by atoms with E-state index in [0.717, 1.165) is 11.3 Å². The van der Waals surface area contributed by atoms with E-state index in [9.17, 15) is 0 Å². The van der Waals surface area contributed by atoms with E-state index in [1.165, 1.54) is 0 Å². The second-order valence-electron chi connectivity index (χ2n) is 2.66. The van der Waals surface area contributed by atoms with Crippen LogP contribution in [0.1, 0.15) is 18.7 Å². The summed E-state index contributed by atoms with van der Waals surface area (Å²) in [6, 6.07) is 7.58. The average molecular weight is 181 g/mol. The fourth-order valence-electron chi connectivity index (χ4n) is 1.06. The number of rotatable bonds is 4. The number of benzene rings is 1. The number of hydrogen-bond acceptors (Lipinski definition) is 3. The lowest BCUT2D eigenvalue weighted by molar-refractivity contribution is 0.109. The van der Waals surface area contributed by atoms with Gasteiger partial charge in [-0.1, -0.05) is 12.1 Å². The van der Waals surface area contributed by atoms with Gasteiger partial charge >= 0.3 is 0 Å². The molecule has 1 unspecified atom stereocenters. The summed E-state index contributed by atoms with van der Waals surface area (Å²) in [7, 11) is 1.58. The van der Waals surface area contributed by atoms with Gasteiger partial charge in [0.05, 0.1) is 6.61 Å². The lowest BCUT2D eigenvalue weighted by Gasteiger charge is -2.10. The molecule has 0 aromatic heterocycles. The zero-order valence-electron chi connectivity index (χ0n) is 7.99. The fraction of sp³-hybridized carbons (Fsp3) is 0.400. The van der Waals surface area contributed by atoms with Crippen LogP contribution in [0.25, 0.3) is 0 Å². The Morgan fingerprint density at radius 2 is 1.92 bits per heavy atom. The van der Waals surface area contributed by atoms with Crippen molar-refractivity contribution in [1.29, 1.82) is 0 Å². The summed E-state index contributed by atoms with van der Waals surface area (Å²) in [5.74, 6) is 0.856. The summed E-state index contributed by atoms with van der Waals surface area (Å²) < 4.78 is 10.3. The monoisotopic (exact) mass is 181 g/mol. The van der Waals surface area contributed by atoms with Gasteiger partial charge in [0, 0.05) is 7.11 Å². The molecule has 0 bridgehead atoms. The maximum absolute atomic E-state index is 5.66. The highest BCUT2D eigenvalue weighted by molar-refractivity contribution is 5.28. The van der Waals surface area contributed by atoms with Crippen molar-refractivity contribution >= 4 is 0 Å². The first-order valence-corrected chi connectivity index (χ1v) is 4.29. The molecule has 1 aromatic rings. The van der Waals surface area contributed by atoms with Crippen molar-refractivity contribution in [3.63, 3.8) is 0 Å². The fourth-order valence-corrected chi connectivity index (χ4v) is 1.06. The van der Waals surface area contributed by atoms with Crippen LogP contribution >= 0.6 is 0 Å². The van der Waals surface area contributed by atoms with Crippen LogP contribution in [-0.4, -0.2) is 13.7 Å². The molecule has 13 heavy (non-hydrogen) atoms. The Bertz CT molecular complexity index is 246. The molecular formula is C10H15NO2. The summed E-state index contributed by atoms with van der Waals surface area (Å²) in [6.45, 7) is 2.63. The van der Waals surface area contributed by atoms with Gasteiger partial charge < -0.3 is 15.2 Å². The van der Waals surface area contributed by atoms with Gasteiger partial charge in [-0.05, 0) is 24.6 Å². The van der Waals surface area contributed by atoms with E-state index in [1.807, 2.05) is 31.2 Å². The van der Waals surface area contributed by atoms with Gasteiger partial charge in [-0.25, -0.2) is 0 Å². The van der Waals surface area contributed by atoms with E-state index in [-0.39, 0.29) is 6.23 Å². The standard InChI is InChI=1S/C10H15NO2/c1-3-13-9-6-4-8(5-7-9)10(11)12-2/h4-7,10H,3,11H2,1-2H3. The summed E-state index contributed by atoms with van der Waals surface area (Å²) in [5.41, 5.74) is 6.61. The molecule has 1 rings (SSSR count). The topological polar surface area (TPSA) is 44.5 Å². The maximum atomic E-state index is 5.66. The van der Waals surface area contributed by atoms with Gasteiger partial charge in [0.2, 0.25) is 0 Å². The normalized spacial score (nSPS) is 12.5. The molecule has 0 aliphatic rings. The molecule has 0 saturated heterocycles. The van der Waals surface area contributed by atoms with Gasteiger partial charge in [-0.3, -0.25) is 0 Å². The quantitative estimate of drug-likeness (QED) is 0.719. The molecule has 3 nitrogen and oxygen atoms in total. The van der Waals surface area contributed by atoms with Gasteiger partial charge in [-0.2, -0.15) is 0 Å². The highest BCUT2D eigenvalue weighted by atomic mass is 16.5. The molecule has 0 spiro atoms. The molecular weight excluding hydrogens is 166 g/mol. The van der Waals surface area contributed by atoms with Crippen molar-refractivity contribution < 1.29 is 9.47 Å². The number of ether oxygens (including phenoxy) is 2. The van der Waals surface area contributed by atoms with E-state index in [4.69, 9.17) is 15.2 Å². The molecule has 3 heteroatoms. The van der Waals surface area contributed by atoms with Crippen LogP contribution in [0.4, 0.5) is 0 Å². The molecule has 0 amide bonds. The van der Waals surface area contributed by atoms with Gasteiger partial charge in [0.1, 0.15) is 12.0 Å². The summed E-state index contributed by atoms with van der Waals surface area (Å²) >= 11 is 0. The minimum absolute atomic E-state index is 0.351. The van der Waals surface area contributed by atoms with Crippen molar-refractivity contribution in [1.82, 2.24) is 0 Å². The van der Waals surface area contributed by atoms with Gasteiger partial charge in [-0.15, -0.1) is 0 Å². The number of hydrogen-bond donors (Lipinski definition) is 1. The molecule has 0 radical (unpaired) electrons. The largest absolute Gasteiger partial charge is 0.494 e. The first-order valence-electron chi connectivity index (χ1n) is 4.29. The third kappa shape index (κ3) is 2.72. The molecule has 0 aliphatic carbocycles. The Kier molecular flexibility index (Phi) is 3.73. The number of methoxy groups -OCH3 is 1. The van der Waals surface area contributed by atoms with Crippen LogP contribution in [0.15, 0.2) is 24.3 Å². The first-order chi connectivity index (χ1) is 6.27. The van der Waals surface area contributed by atoms with Crippen molar-refractivity contribution in [3.8, 4) is 5.75 Å². The molecule has 0 saturated carbocycles. The van der Waals surface area contributed by atoms with E-state index in [1.54, 1.807) is 7.11 Å². The second kappa shape index (κ2) is 4.84. The molecule has 2 N–H and O–H groups in total. The Morgan fingerprint density at radius 3 is 2.38 bits per heavy atom. The SMILES string of the molecule is CCOc1ccc(C(N)OC)cc1.